The van der Waals surface area contributed by atoms with E-state index in [-0.39, 0.29) is 18.9 Å². The van der Waals surface area contributed by atoms with E-state index in [1.165, 1.54) is 24.3 Å². The summed E-state index contributed by atoms with van der Waals surface area (Å²) in [5.74, 6) is 1.11. The first kappa shape index (κ1) is 23.8. The molecule has 1 aliphatic rings. The van der Waals surface area contributed by atoms with E-state index in [1.54, 1.807) is 18.2 Å². The lowest BCUT2D eigenvalue weighted by atomic mass is 9.94. The molecule has 1 aliphatic heterocycles. The molecule has 0 spiro atoms. The van der Waals surface area contributed by atoms with Crippen LogP contribution in [-0.2, 0) is 14.8 Å². The number of amides is 1. The largest absolute Gasteiger partial charge is 0.495 e. The van der Waals surface area contributed by atoms with Gasteiger partial charge in [-0.05, 0) is 69.9 Å². The number of nitrogens with one attached hydrogen (secondary N) is 1. The van der Waals surface area contributed by atoms with E-state index in [9.17, 15) is 13.2 Å². The first-order valence-electron chi connectivity index (χ1n) is 9.97. The van der Waals surface area contributed by atoms with E-state index in [1.807, 2.05) is 0 Å². The number of hydrogen-bond acceptors (Lipinski definition) is 5. The monoisotopic (exact) mass is 445 g/mol. The zero-order valence-electron chi connectivity index (χ0n) is 17.5. The number of rotatable bonds is 10. The van der Waals surface area contributed by atoms with Crippen molar-refractivity contribution < 1.29 is 17.9 Å². The predicted octanol–water partition coefficient (Wildman–Crippen LogP) is 2.74. The average Bonchev–Trinajstić information content (AvgIpc) is 2.66. The lowest BCUT2D eigenvalue weighted by Gasteiger charge is -2.28. The molecule has 7 nitrogen and oxygen atoms in total. The molecule has 1 heterocycles. The van der Waals surface area contributed by atoms with Gasteiger partial charge in [-0.2, -0.15) is 0 Å². The highest BCUT2D eigenvalue weighted by molar-refractivity contribution is 7.92. The minimum atomic E-state index is -3.49. The summed E-state index contributed by atoms with van der Waals surface area (Å²) in [6.45, 7) is 3.13. The molecule has 0 aliphatic carbocycles. The lowest BCUT2D eigenvalue weighted by Crippen LogP contribution is -2.33. The summed E-state index contributed by atoms with van der Waals surface area (Å²) in [7, 11) is 0.147. The van der Waals surface area contributed by atoms with Crippen molar-refractivity contribution in [3.63, 3.8) is 0 Å². The number of hydrogen-bond donors (Lipinski definition) is 1. The molecular weight excluding hydrogens is 414 g/mol. The van der Waals surface area contributed by atoms with Crippen LogP contribution >= 0.6 is 11.6 Å². The number of methoxy groups -OCH3 is 1. The minimum absolute atomic E-state index is 0.0425. The first-order valence-corrected chi connectivity index (χ1v) is 12.2. The molecule has 0 saturated carbocycles. The second-order valence-corrected chi connectivity index (χ2v) is 9.96. The van der Waals surface area contributed by atoms with Gasteiger partial charge < -0.3 is 15.0 Å². The number of benzene rings is 1. The summed E-state index contributed by atoms with van der Waals surface area (Å²) in [4.78, 5) is 14.4. The highest BCUT2D eigenvalue weighted by Crippen LogP contribution is 2.30. The van der Waals surface area contributed by atoms with Gasteiger partial charge in [-0.25, -0.2) is 8.42 Å². The highest BCUT2D eigenvalue weighted by Gasteiger charge is 2.19. The second-order valence-electron chi connectivity index (χ2n) is 7.64. The normalized spacial score (nSPS) is 15.9. The lowest BCUT2D eigenvalue weighted by molar-refractivity contribution is -0.121. The Hall–Kier alpha value is -1.51. The zero-order valence-corrected chi connectivity index (χ0v) is 19.1. The van der Waals surface area contributed by atoms with Crippen molar-refractivity contribution >= 4 is 33.2 Å². The van der Waals surface area contributed by atoms with Crippen LogP contribution in [0.1, 0.15) is 32.1 Å². The number of halogens is 1. The third-order valence-electron chi connectivity index (χ3n) is 5.30. The summed E-state index contributed by atoms with van der Waals surface area (Å²) in [6, 6.07) is 4.84. The molecule has 0 bridgehead atoms. The van der Waals surface area contributed by atoms with Crippen molar-refractivity contribution in [2.24, 2.45) is 5.92 Å². The maximum atomic E-state index is 12.2. The van der Waals surface area contributed by atoms with E-state index in [0.29, 0.717) is 35.3 Å². The molecule has 1 aromatic carbocycles. The SMILES string of the molecule is COc1ccc(N(CCCC(=O)NCCC2CCN(C)CC2)S(C)(=O)=O)cc1Cl. The number of sulfonamides is 1. The Kier molecular flexibility index (Phi) is 9.04. The van der Waals surface area contributed by atoms with E-state index >= 15 is 0 Å². The van der Waals surface area contributed by atoms with Crippen molar-refractivity contribution in [3.05, 3.63) is 23.2 Å². The van der Waals surface area contributed by atoms with Gasteiger partial charge in [0.25, 0.3) is 0 Å². The molecule has 0 atom stereocenters. The van der Waals surface area contributed by atoms with Crippen LogP contribution in [0.4, 0.5) is 5.69 Å². The van der Waals surface area contributed by atoms with Crippen LogP contribution < -0.4 is 14.4 Å². The van der Waals surface area contributed by atoms with Crippen molar-refractivity contribution in [2.45, 2.75) is 32.1 Å². The molecule has 29 heavy (non-hydrogen) atoms. The number of carbonyl (C=O) groups excluding carboxylic acids is 1. The summed E-state index contributed by atoms with van der Waals surface area (Å²) in [5, 5.41) is 3.30. The van der Waals surface area contributed by atoms with Crippen molar-refractivity contribution in [1.82, 2.24) is 10.2 Å². The fourth-order valence-corrected chi connectivity index (χ4v) is 4.74. The van der Waals surface area contributed by atoms with Crippen molar-refractivity contribution in [2.75, 3.05) is 50.9 Å². The quantitative estimate of drug-likeness (QED) is 0.599. The molecule has 0 unspecified atom stereocenters. The molecule has 9 heteroatoms. The van der Waals surface area contributed by atoms with E-state index < -0.39 is 10.0 Å². The summed E-state index contributed by atoms with van der Waals surface area (Å²) < 4.78 is 30.8. The van der Waals surface area contributed by atoms with Crippen molar-refractivity contribution in [3.8, 4) is 5.75 Å². The Bertz CT molecular complexity index is 780. The number of likely N-dealkylation sites (tertiary alicyclic amines) is 1. The molecular formula is C20H32ClN3O4S. The van der Waals surface area contributed by atoms with Gasteiger partial charge in [0.1, 0.15) is 5.75 Å². The Morgan fingerprint density at radius 2 is 2.03 bits per heavy atom. The predicted molar refractivity (Wildman–Crippen MR) is 117 cm³/mol. The van der Waals surface area contributed by atoms with E-state index in [4.69, 9.17) is 16.3 Å². The Morgan fingerprint density at radius 3 is 2.62 bits per heavy atom. The van der Waals surface area contributed by atoms with Crippen molar-refractivity contribution in [1.29, 1.82) is 0 Å². The van der Waals surface area contributed by atoms with Gasteiger partial charge in [-0.15, -0.1) is 0 Å². The summed E-state index contributed by atoms with van der Waals surface area (Å²) in [6.07, 6.45) is 5.21. The number of piperidine rings is 1. The molecule has 1 fully saturated rings. The maximum absolute atomic E-state index is 12.2. The Morgan fingerprint density at radius 1 is 1.34 bits per heavy atom. The molecule has 0 aromatic heterocycles. The number of carbonyl (C=O) groups is 1. The highest BCUT2D eigenvalue weighted by atomic mass is 35.5. The van der Waals surface area contributed by atoms with Gasteiger partial charge in [0, 0.05) is 19.5 Å². The fraction of sp³-hybridized carbons (Fsp3) is 0.650. The van der Waals surface area contributed by atoms with Crippen LogP contribution in [0.3, 0.4) is 0 Å². The smallest absolute Gasteiger partial charge is 0.232 e. The second kappa shape index (κ2) is 11.0. The van der Waals surface area contributed by atoms with Crippen LogP contribution in [0, 0.1) is 5.92 Å². The van der Waals surface area contributed by atoms with E-state index in [2.05, 4.69) is 17.3 Å². The molecule has 1 aromatic rings. The third-order valence-corrected chi connectivity index (χ3v) is 6.79. The average molecular weight is 446 g/mol. The number of anilines is 1. The van der Waals surface area contributed by atoms with Gasteiger partial charge in [-0.1, -0.05) is 11.6 Å². The molecule has 0 radical (unpaired) electrons. The summed E-state index contributed by atoms with van der Waals surface area (Å²) in [5.41, 5.74) is 0.459. The van der Waals surface area contributed by atoms with Crippen LogP contribution in [0.25, 0.3) is 0 Å². The zero-order chi connectivity index (χ0) is 21.4. The number of nitrogens with zero attached hydrogens (tertiary/aromatic N) is 2. The topological polar surface area (TPSA) is 79.0 Å². The maximum Gasteiger partial charge on any atom is 0.232 e. The van der Waals surface area contributed by atoms with Gasteiger partial charge in [-0.3, -0.25) is 9.10 Å². The first-order chi connectivity index (χ1) is 13.7. The van der Waals surface area contributed by atoms with Crippen LogP contribution in [-0.4, -0.2) is 65.8 Å². The Labute approximate surface area is 179 Å². The number of ether oxygens (including phenoxy) is 1. The standard InChI is InChI=1S/C20H32ClN3O4S/c1-23-13-9-16(10-14-23)8-11-22-20(25)5-4-12-24(29(3,26)27)17-6-7-19(28-2)18(21)15-17/h6-7,15-16H,4-5,8-14H2,1-3H3,(H,22,25). The molecule has 1 amide bonds. The molecule has 164 valence electrons. The van der Waals surface area contributed by atoms with Gasteiger partial charge >= 0.3 is 0 Å². The van der Waals surface area contributed by atoms with Gasteiger partial charge in [0.05, 0.1) is 24.1 Å². The van der Waals surface area contributed by atoms with E-state index in [0.717, 1.165) is 25.8 Å². The fourth-order valence-electron chi connectivity index (χ4n) is 3.53. The van der Waals surface area contributed by atoms with Gasteiger partial charge in [0.2, 0.25) is 15.9 Å². The van der Waals surface area contributed by atoms with Crippen LogP contribution in [0.5, 0.6) is 5.75 Å². The third kappa shape index (κ3) is 7.68. The summed E-state index contributed by atoms with van der Waals surface area (Å²) >= 11 is 6.12. The minimum Gasteiger partial charge on any atom is -0.495 e. The van der Waals surface area contributed by atoms with Crippen LogP contribution in [0.2, 0.25) is 5.02 Å². The molecule has 2 rings (SSSR count). The molecule has 1 N–H and O–H groups in total. The van der Waals surface area contributed by atoms with Crippen LogP contribution in [0.15, 0.2) is 18.2 Å². The molecule has 1 saturated heterocycles. The van der Waals surface area contributed by atoms with Gasteiger partial charge in [0.15, 0.2) is 0 Å². The Balaban J connectivity index is 1.79.